The minimum Gasteiger partial charge on any atom is -0.497 e. The summed E-state index contributed by atoms with van der Waals surface area (Å²) in [5, 5.41) is 0. The number of carbonyl (C=O) groups is 1. The highest BCUT2D eigenvalue weighted by Crippen LogP contribution is 2.33. The number of amides is 1. The smallest absolute Gasteiger partial charge is 0.220 e. The topological polar surface area (TPSA) is 56.6 Å². The second kappa shape index (κ2) is 9.20. The number of para-hydroxylation sites is 2. The maximum absolute atomic E-state index is 12.1. The lowest BCUT2D eigenvalue weighted by atomic mass is 10.2. The van der Waals surface area contributed by atoms with Crippen molar-refractivity contribution in [3.63, 3.8) is 0 Å². The molecule has 6 nitrogen and oxygen atoms in total. The Labute approximate surface area is 177 Å². The van der Waals surface area contributed by atoms with Gasteiger partial charge in [-0.1, -0.05) is 12.1 Å². The highest BCUT2D eigenvalue weighted by atomic mass is 16.5. The highest BCUT2D eigenvalue weighted by Gasteiger charge is 2.31. The second-order valence-corrected chi connectivity index (χ2v) is 7.71. The van der Waals surface area contributed by atoms with E-state index in [2.05, 4.69) is 22.8 Å². The summed E-state index contributed by atoms with van der Waals surface area (Å²) < 4.78 is 13.3. The molecule has 0 radical (unpaired) electrons. The van der Waals surface area contributed by atoms with Gasteiger partial charge in [0.2, 0.25) is 5.91 Å². The van der Waals surface area contributed by atoms with Crippen LogP contribution in [0.25, 0.3) is 11.0 Å². The van der Waals surface area contributed by atoms with E-state index in [9.17, 15) is 4.79 Å². The molecule has 0 aliphatic carbocycles. The third-order valence-electron chi connectivity index (χ3n) is 5.74. The SMILES string of the molecule is COc1ccc(OCCCCn2c([C@@H]3CCCN3C(C)=O)nc3ccccc32)cc1. The summed E-state index contributed by atoms with van der Waals surface area (Å²) in [4.78, 5) is 19.0. The Balaban J connectivity index is 1.42. The Kier molecular flexibility index (Phi) is 6.21. The fraction of sp³-hybridized carbons (Fsp3) is 0.417. The first kappa shape index (κ1) is 20.3. The molecule has 1 aliphatic rings. The summed E-state index contributed by atoms with van der Waals surface area (Å²) in [6.07, 6.45) is 3.93. The van der Waals surface area contributed by atoms with Gasteiger partial charge in [0.25, 0.3) is 0 Å². The molecule has 4 rings (SSSR count). The first-order chi connectivity index (χ1) is 14.7. The molecule has 0 N–H and O–H groups in total. The number of benzene rings is 2. The zero-order valence-corrected chi connectivity index (χ0v) is 17.7. The molecule has 1 aromatic heterocycles. The molecule has 1 aliphatic heterocycles. The first-order valence-electron chi connectivity index (χ1n) is 10.7. The molecular weight excluding hydrogens is 378 g/mol. The van der Waals surface area contributed by atoms with E-state index < -0.39 is 0 Å². The largest absolute Gasteiger partial charge is 0.497 e. The minimum absolute atomic E-state index is 0.0745. The fourth-order valence-electron chi connectivity index (χ4n) is 4.23. The Morgan fingerprint density at radius 2 is 1.87 bits per heavy atom. The number of aryl methyl sites for hydroxylation is 1. The van der Waals surface area contributed by atoms with E-state index in [1.54, 1.807) is 14.0 Å². The monoisotopic (exact) mass is 407 g/mol. The number of aromatic nitrogens is 2. The van der Waals surface area contributed by atoms with Gasteiger partial charge in [0.15, 0.2) is 0 Å². The van der Waals surface area contributed by atoms with E-state index in [4.69, 9.17) is 14.5 Å². The third-order valence-corrected chi connectivity index (χ3v) is 5.74. The van der Waals surface area contributed by atoms with Crippen LogP contribution in [0.1, 0.15) is 44.5 Å². The van der Waals surface area contributed by atoms with Gasteiger partial charge in [0, 0.05) is 20.0 Å². The molecule has 30 heavy (non-hydrogen) atoms. The number of hydrogen-bond donors (Lipinski definition) is 0. The number of likely N-dealkylation sites (tertiary alicyclic amines) is 1. The molecule has 0 saturated carbocycles. The standard InChI is InChI=1S/C24H29N3O3/c1-18(28)26-16-7-10-23(26)24-25-21-8-3-4-9-22(21)27(24)15-5-6-17-30-20-13-11-19(29-2)12-14-20/h3-4,8-9,11-14,23H,5-7,10,15-17H2,1-2H3/t23-/m0/s1. The van der Waals surface area contributed by atoms with Crippen LogP contribution in [0.3, 0.4) is 0 Å². The van der Waals surface area contributed by atoms with Crippen molar-refractivity contribution in [3.05, 3.63) is 54.4 Å². The minimum atomic E-state index is 0.0745. The zero-order valence-electron chi connectivity index (χ0n) is 17.7. The number of methoxy groups -OCH3 is 1. The van der Waals surface area contributed by atoms with Crippen LogP contribution in [-0.2, 0) is 11.3 Å². The summed E-state index contributed by atoms with van der Waals surface area (Å²) in [5.41, 5.74) is 2.14. The fourth-order valence-corrected chi connectivity index (χ4v) is 4.23. The molecule has 1 saturated heterocycles. The predicted molar refractivity (Wildman–Crippen MR) is 117 cm³/mol. The van der Waals surface area contributed by atoms with Gasteiger partial charge >= 0.3 is 0 Å². The van der Waals surface area contributed by atoms with Crippen molar-refractivity contribution in [2.24, 2.45) is 0 Å². The van der Waals surface area contributed by atoms with E-state index in [0.717, 1.165) is 67.1 Å². The lowest BCUT2D eigenvalue weighted by Crippen LogP contribution is -2.30. The van der Waals surface area contributed by atoms with Crippen LogP contribution in [0.15, 0.2) is 48.5 Å². The average molecular weight is 408 g/mol. The number of unbranched alkanes of at least 4 members (excludes halogenated alkanes) is 1. The molecule has 2 aromatic carbocycles. The average Bonchev–Trinajstić information content (AvgIpc) is 3.39. The van der Waals surface area contributed by atoms with Crippen LogP contribution in [0, 0.1) is 0 Å². The maximum Gasteiger partial charge on any atom is 0.220 e. The van der Waals surface area contributed by atoms with Crippen LogP contribution < -0.4 is 9.47 Å². The lowest BCUT2D eigenvalue weighted by molar-refractivity contribution is -0.129. The van der Waals surface area contributed by atoms with E-state index in [1.807, 2.05) is 35.2 Å². The van der Waals surface area contributed by atoms with Crippen molar-refractivity contribution in [2.75, 3.05) is 20.3 Å². The van der Waals surface area contributed by atoms with E-state index in [-0.39, 0.29) is 11.9 Å². The quantitative estimate of drug-likeness (QED) is 0.513. The first-order valence-corrected chi connectivity index (χ1v) is 10.7. The number of imidazole rings is 1. The Morgan fingerprint density at radius 1 is 1.10 bits per heavy atom. The summed E-state index contributed by atoms with van der Waals surface area (Å²) in [6.45, 7) is 4.00. The van der Waals surface area contributed by atoms with Gasteiger partial charge in [-0.05, 0) is 62.1 Å². The predicted octanol–water partition coefficient (Wildman–Crippen LogP) is 4.59. The molecule has 1 amide bonds. The highest BCUT2D eigenvalue weighted by molar-refractivity contribution is 5.77. The van der Waals surface area contributed by atoms with Gasteiger partial charge in [-0.2, -0.15) is 0 Å². The van der Waals surface area contributed by atoms with Crippen LogP contribution in [0.4, 0.5) is 0 Å². The van der Waals surface area contributed by atoms with Crippen LogP contribution >= 0.6 is 0 Å². The van der Waals surface area contributed by atoms with Crippen molar-refractivity contribution in [1.82, 2.24) is 14.5 Å². The van der Waals surface area contributed by atoms with Gasteiger partial charge in [-0.25, -0.2) is 4.98 Å². The number of ether oxygens (including phenoxy) is 2. The second-order valence-electron chi connectivity index (χ2n) is 7.71. The van der Waals surface area contributed by atoms with Crippen molar-refractivity contribution in [1.29, 1.82) is 0 Å². The molecule has 158 valence electrons. The molecule has 1 atom stereocenters. The van der Waals surface area contributed by atoms with Crippen LogP contribution in [0.5, 0.6) is 11.5 Å². The van der Waals surface area contributed by atoms with Crippen LogP contribution in [0.2, 0.25) is 0 Å². The summed E-state index contributed by atoms with van der Waals surface area (Å²) >= 11 is 0. The van der Waals surface area contributed by atoms with Gasteiger partial charge in [0.1, 0.15) is 17.3 Å². The summed E-state index contributed by atoms with van der Waals surface area (Å²) in [5.74, 6) is 2.82. The van der Waals surface area contributed by atoms with E-state index in [1.165, 1.54) is 0 Å². The zero-order chi connectivity index (χ0) is 20.9. The van der Waals surface area contributed by atoms with Gasteiger partial charge in [-0.3, -0.25) is 4.79 Å². The number of fused-ring (bicyclic) bond motifs is 1. The Bertz CT molecular complexity index is 997. The number of carbonyl (C=O) groups excluding carboxylic acids is 1. The Hall–Kier alpha value is -3.02. The van der Waals surface area contributed by atoms with Gasteiger partial charge < -0.3 is 18.9 Å². The normalized spacial score (nSPS) is 16.2. The third kappa shape index (κ3) is 4.27. The molecule has 0 unspecified atom stereocenters. The van der Waals surface area contributed by atoms with Gasteiger partial charge in [0.05, 0.1) is 30.8 Å². The maximum atomic E-state index is 12.1. The van der Waals surface area contributed by atoms with Crippen molar-refractivity contribution in [3.8, 4) is 11.5 Å². The van der Waals surface area contributed by atoms with E-state index in [0.29, 0.717) is 6.61 Å². The van der Waals surface area contributed by atoms with Crippen molar-refractivity contribution in [2.45, 2.75) is 45.2 Å². The lowest BCUT2D eigenvalue weighted by Gasteiger charge is -2.24. The molecule has 1 fully saturated rings. The van der Waals surface area contributed by atoms with Crippen LogP contribution in [-0.4, -0.2) is 40.6 Å². The number of hydrogen-bond acceptors (Lipinski definition) is 4. The van der Waals surface area contributed by atoms with Gasteiger partial charge in [-0.15, -0.1) is 0 Å². The summed E-state index contributed by atoms with van der Waals surface area (Å²) in [7, 11) is 1.66. The molecular formula is C24H29N3O3. The molecule has 0 spiro atoms. The molecule has 6 heteroatoms. The molecule has 2 heterocycles. The Morgan fingerprint density at radius 3 is 2.63 bits per heavy atom. The van der Waals surface area contributed by atoms with Crippen molar-refractivity contribution >= 4 is 16.9 Å². The van der Waals surface area contributed by atoms with Crippen molar-refractivity contribution < 1.29 is 14.3 Å². The molecule has 0 bridgehead atoms. The number of nitrogens with zero attached hydrogens (tertiary/aromatic N) is 3. The molecule has 3 aromatic rings. The summed E-state index contributed by atoms with van der Waals surface area (Å²) in [6, 6.07) is 16.0. The van der Waals surface area contributed by atoms with E-state index >= 15 is 0 Å². The number of rotatable bonds is 8.